The molecule has 1 heterocycles. The lowest BCUT2D eigenvalue weighted by Crippen LogP contribution is -2.34. The van der Waals surface area contributed by atoms with Crippen LogP contribution in [-0.4, -0.2) is 25.2 Å². The fraction of sp³-hybridized carbons (Fsp3) is 0.800. The first-order chi connectivity index (χ1) is 6.65. The second kappa shape index (κ2) is 4.97. The highest BCUT2D eigenvalue weighted by atomic mass is 16.5. The molecule has 1 saturated heterocycles. The zero-order valence-corrected chi connectivity index (χ0v) is 8.62. The van der Waals surface area contributed by atoms with E-state index in [1.54, 1.807) is 6.92 Å². The summed E-state index contributed by atoms with van der Waals surface area (Å²) < 4.78 is 5.37. The molecule has 1 N–H and O–H groups in total. The van der Waals surface area contributed by atoms with Crippen LogP contribution >= 0.6 is 0 Å². The van der Waals surface area contributed by atoms with Gasteiger partial charge in [-0.2, -0.15) is 5.26 Å². The van der Waals surface area contributed by atoms with Crippen molar-refractivity contribution >= 4 is 5.91 Å². The van der Waals surface area contributed by atoms with E-state index in [2.05, 4.69) is 5.32 Å². The highest BCUT2D eigenvalue weighted by Crippen LogP contribution is 2.19. The molecular weight excluding hydrogens is 180 g/mol. The normalized spacial score (nSPS) is 28.1. The van der Waals surface area contributed by atoms with Crippen LogP contribution in [0, 0.1) is 23.2 Å². The average Bonchev–Trinajstić information content (AvgIpc) is 2.59. The van der Waals surface area contributed by atoms with Gasteiger partial charge >= 0.3 is 0 Å². The monoisotopic (exact) mass is 196 g/mol. The van der Waals surface area contributed by atoms with Crippen LogP contribution in [0.2, 0.25) is 0 Å². The van der Waals surface area contributed by atoms with Gasteiger partial charge in [-0.1, -0.05) is 0 Å². The fourth-order valence-corrected chi connectivity index (χ4v) is 1.49. The van der Waals surface area contributed by atoms with E-state index < -0.39 is 5.92 Å². The molecule has 0 aromatic carbocycles. The van der Waals surface area contributed by atoms with Crippen molar-refractivity contribution in [3.63, 3.8) is 0 Å². The largest absolute Gasteiger partial charge is 0.378 e. The van der Waals surface area contributed by atoms with Gasteiger partial charge in [0, 0.05) is 19.1 Å². The molecule has 1 aliphatic heterocycles. The van der Waals surface area contributed by atoms with Gasteiger partial charge in [0.2, 0.25) is 5.91 Å². The highest BCUT2D eigenvalue weighted by molar-refractivity contribution is 5.80. The van der Waals surface area contributed by atoms with Crippen LogP contribution in [0.1, 0.15) is 20.3 Å². The van der Waals surface area contributed by atoms with E-state index in [0.29, 0.717) is 12.5 Å². The molecule has 14 heavy (non-hydrogen) atoms. The summed E-state index contributed by atoms with van der Waals surface area (Å²) in [6.45, 7) is 5.00. The standard InChI is InChI=1S/C10H16N2O2/c1-7(5-11)10(13)12-6-9-3-4-14-8(9)2/h7-9H,3-4,6H2,1-2H3,(H,12,13). The predicted octanol–water partition coefficient (Wildman–Crippen LogP) is 0.687. The smallest absolute Gasteiger partial charge is 0.237 e. The van der Waals surface area contributed by atoms with Crippen molar-refractivity contribution < 1.29 is 9.53 Å². The summed E-state index contributed by atoms with van der Waals surface area (Å²) in [6.07, 6.45) is 1.20. The highest BCUT2D eigenvalue weighted by Gasteiger charge is 2.24. The summed E-state index contributed by atoms with van der Waals surface area (Å²) in [5, 5.41) is 11.3. The van der Waals surface area contributed by atoms with Crippen LogP contribution in [0.15, 0.2) is 0 Å². The van der Waals surface area contributed by atoms with Crippen LogP contribution in [0.5, 0.6) is 0 Å². The molecule has 1 rings (SSSR count). The topological polar surface area (TPSA) is 62.1 Å². The van der Waals surface area contributed by atoms with E-state index in [4.69, 9.17) is 10.00 Å². The van der Waals surface area contributed by atoms with E-state index >= 15 is 0 Å². The van der Waals surface area contributed by atoms with Crippen LogP contribution in [0.4, 0.5) is 0 Å². The van der Waals surface area contributed by atoms with Gasteiger partial charge < -0.3 is 10.1 Å². The lowest BCUT2D eigenvalue weighted by atomic mass is 10.0. The van der Waals surface area contributed by atoms with Crippen LogP contribution in [-0.2, 0) is 9.53 Å². The third-order valence-electron chi connectivity index (χ3n) is 2.66. The summed E-state index contributed by atoms with van der Waals surface area (Å²) in [7, 11) is 0. The number of ether oxygens (including phenoxy) is 1. The fourth-order valence-electron chi connectivity index (χ4n) is 1.49. The van der Waals surface area contributed by atoms with Gasteiger partial charge in [-0.25, -0.2) is 0 Å². The lowest BCUT2D eigenvalue weighted by molar-refractivity contribution is -0.123. The Morgan fingerprint density at radius 2 is 2.50 bits per heavy atom. The zero-order valence-electron chi connectivity index (χ0n) is 8.62. The first-order valence-electron chi connectivity index (χ1n) is 4.94. The molecule has 4 nitrogen and oxygen atoms in total. The molecule has 0 saturated carbocycles. The van der Waals surface area contributed by atoms with Gasteiger partial charge in [0.1, 0.15) is 5.92 Å². The molecule has 3 unspecified atom stereocenters. The van der Waals surface area contributed by atoms with E-state index in [1.807, 2.05) is 13.0 Å². The Balaban J connectivity index is 2.27. The maximum Gasteiger partial charge on any atom is 0.237 e. The second-order valence-electron chi connectivity index (χ2n) is 3.72. The summed E-state index contributed by atoms with van der Waals surface area (Å²) in [5.74, 6) is -0.357. The number of amides is 1. The minimum absolute atomic E-state index is 0.188. The summed E-state index contributed by atoms with van der Waals surface area (Å²) in [6, 6.07) is 1.91. The number of carbonyl (C=O) groups excluding carboxylic acids is 1. The third-order valence-corrected chi connectivity index (χ3v) is 2.66. The number of rotatable bonds is 3. The summed E-state index contributed by atoms with van der Waals surface area (Å²) in [4.78, 5) is 11.3. The van der Waals surface area contributed by atoms with Gasteiger partial charge in [-0.05, 0) is 20.3 Å². The molecule has 0 aromatic heterocycles. The van der Waals surface area contributed by atoms with Gasteiger partial charge in [0.05, 0.1) is 12.2 Å². The van der Waals surface area contributed by atoms with E-state index in [-0.39, 0.29) is 12.0 Å². The summed E-state index contributed by atoms with van der Waals surface area (Å²) >= 11 is 0. The van der Waals surface area contributed by atoms with Gasteiger partial charge in [0.15, 0.2) is 0 Å². The molecule has 0 bridgehead atoms. The first kappa shape index (κ1) is 11.0. The Bertz CT molecular complexity index is 247. The Hall–Kier alpha value is -1.08. The average molecular weight is 196 g/mol. The molecular formula is C10H16N2O2. The maximum atomic E-state index is 11.3. The second-order valence-corrected chi connectivity index (χ2v) is 3.72. The molecule has 3 atom stereocenters. The van der Waals surface area contributed by atoms with Crippen molar-refractivity contribution in [2.24, 2.45) is 11.8 Å². The number of carbonyl (C=O) groups is 1. The van der Waals surface area contributed by atoms with Crippen molar-refractivity contribution in [3.8, 4) is 6.07 Å². The molecule has 4 heteroatoms. The van der Waals surface area contributed by atoms with Crippen molar-refractivity contribution in [2.75, 3.05) is 13.2 Å². The van der Waals surface area contributed by atoms with Crippen molar-refractivity contribution in [2.45, 2.75) is 26.4 Å². The van der Waals surface area contributed by atoms with Gasteiger partial charge in [-0.15, -0.1) is 0 Å². The quantitative estimate of drug-likeness (QED) is 0.722. The molecule has 0 radical (unpaired) electrons. The SMILES string of the molecule is CC(C#N)C(=O)NCC1CCOC1C. The van der Waals surface area contributed by atoms with Crippen molar-refractivity contribution in [1.29, 1.82) is 5.26 Å². The number of hydrogen-bond acceptors (Lipinski definition) is 3. The van der Waals surface area contributed by atoms with E-state index in [9.17, 15) is 4.79 Å². The first-order valence-corrected chi connectivity index (χ1v) is 4.94. The van der Waals surface area contributed by atoms with E-state index in [0.717, 1.165) is 13.0 Å². The van der Waals surface area contributed by atoms with Crippen LogP contribution < -0.4 is 5.32 Å². The Morgan fingerprint density at radius 3 is 3.00 bits per heavy atom. The van der Waals surface area contributed by atoms with Crippen LogP contribution in [0.25, 0.3) is 0 Å². The minimum atomic E-state index is -0.562. The zero-order chi connectivity index (χ0) is 10.6. The molecule has 78 valence electrons. The molecule has 0 aliphatic carbocycles. The molecule has 0 spiro atoms. The third kappa shape index (κ3) is 2.71. The molecule has 0 aromatic rings. The minimum Gasteiger partial charge on any atom is -0.378 e. The molecule has 1 aliphatic rings. The van der Waals surface area contributed by atoms with E-state index in [1.165, 1.54) is 0 Å². The van der Waals surface area contributed by atoms with Gasteiger partial charge in [0.25, 0.3) is 0 Å². The number of nitrogens with one attached hydrogen (secondary N) is 1. The number of nitrogens with zero attached hydrogens (tertiary/aromatic N) is 1. The van der Waals surface area contributed by atoms with Crippen molar-refractivity contribution in [1.82, 2.24) is 5.32 Å². The predicted molar refractivity (Wildman–Crippen MR) is 51.3 cm³/mol. The van der Waals surface area contributed by atoms with Crippen molar-refractivity contribution in [3.05, 3.63) is 0 Å². The van der Waals surface area contributed by atoms with Gasteiger partial charge in [-0.3, -0.25) is 4.79 Å². The van der Waals surface area contributed by atoms with Crippen LogP contribution in [0.3, 0.4) is 0 Å². The molecule has 1 amide bonds. The maximum absolute atomic E-state index is 11.3. The summed E-state index contributed by atoms with van der Waals surface area (Å²) in [5.41, 5.74) is 0. The lowest BCUT2D eigenvalue weighted by Gasteiger charge is -2.15. The molecule has 1 fully saturated rings. The Labute approximate surface area is 84.2 Å². The number of nitriles is 1. The Morgan fingerprint density at radius 1 is 1.79 bits per heavy atom. The Kier molecular flexibility index (Phi) is 3.90. The number of hydrogen-bond donors (Lipinski definition) is 1.